The molecule has 2 aliphatic rings. The Morgan fingerprint density at radius 3 is 2.52 bits per heavy atom. The van der Waals surface area contributed by atoms with E-state index in [9.17, 15) is 18.0 Å². The predicted octanol–water partition coefficient (Wildman–Crippen LogP) is 3.68. The van der Waals surface area contributed by atoms with Crippen molar-refractivity contribution in [2.24, 2.45) is 11.3 Å². The molecule has 2 fully saturated rings. The van der Waals surface area contributed by atoms with E-state index < -0.39 is 17.6 Å². The number of rotatable bonds is 3. The van der Waals surface area contributed by atoms with Crippen molar-refractivity contribution in [3.05, 3.63) is 0 Å². The van der Waals surface area contributed by atoms with Gasteiger partial charge in [-0.3, -0.25) is 9.69 Å². The van der Waals surface area contributed by atoms with Crippen molar-refractivity contribution in [1.29, 1.82) is 0 Å². The molecule has 21 heavy (non-hydrogen) atoms. The fourth-order valence-corrected chi connectivity index (χ4v) is 3.81. The zero-order valence-corrected chi connectivity index (χ0v) is 12.5. The van der Waals surface area contributed by atoms with Crippen molar-refractivity contribution in [1.82, 2.24) is 4.90 Å². The first kappa shape index (κ1) is 16.6. The molecule has 122 valence electrons. The van der Waals surface area contributed by atoms with Gasteiger partial charge in [0.15, 0.2) is 5.41 Å². The van der Waals surface area contributed by atoms with Crippen LogP contribution in [0.2, 0.25) is 0 Å². The zero-order chi connectivity index (χ0) is 15.7. The molecule has 1 saturated carbocycles. The monoisotopic (exact) mass is 307 g/mol. The third kappa shape index (κ3) is 3.20. The van der Waals surface area contributed by atoms with E-state index in [0.717, 1.165) is 38.5 Å². The summed E-state index contributed by atoms with van der Waals surface area (Å²) >= 11 is 0. The normalized spacial score (nSPS) is 35.6. The standard InChI is InChI=1S/C15H24F3NO2/c1-2-11-4-3-5-12(7-6-11)19-9-8-14(10-19,13(20)21)15(16,17)18/h11-12H,2-10H2,1H3,(H,20,21). The maximum absolute atomic E-state index is 13.2. The van der Waals surface area contributed by atoms with E-state index in [1.165, 1.54) is 0 Å². The van der Waals surface area contributed by atoms with Gasteiger partial charge in [-0.25, -0.2) is 0 Å². The molecule has 1 aliphatic heterocycles. The highest BCUT2D eigenvalue weighted by Crippen LogP contribution is 2.47. The van der Waals surface area contributed by atoms with Gasteiger partial charge >= 0.3 is 12.1 Å². The van der Waals surface area contributed by atoms with Gasteiger partial charge in [0.2, 0.25) is 0 Å². The minimum atomic E-state index is -4.68. The van der Waals surface area contributed by atoms with Gasteiger partial charge in [-0.1, -0.05) is 26.2 Å². The number of aliphatic carboxylic acids is 1. The van der Waals surface area contributed by atoms with Gasteiger partial charge in [-0.05, 0) is 38.1 Å². The van der Waals surface area contributed by atoms with Gasteiger partial charge in [-0.2, -0.15) is 13.2 Å². The van der Waals surface area contributed by atoms with Crippen LogP contribution in [0.1, 0.15) is 51.9 Å². The average molecular weight is 307 g/mol. The van der Waals surface area contributed by atoms with E-state index in [1.807, 2.05) is 0 Å². The second kappa shape index (κ2) is 6.15. The van der Waals surface area contributed by atoms with E-state index in [1.54, 1.807) is 4.90 Å². The first-order valence-electron chi connectivity index (χ1n) is 7.84. The van der Waals surface area contributed by atoms with Gasteiger partial charge < -0.3 is 5.11 Å². The molecular formula is C15H24F3NO2. The molecule has 2 rings (SSSR count). The van der Waals surface area contributed by atoms with Crippen LogP contribution in [-0.2, 0) is 4.79 Å². The minimum Gasteiger partial charge on any atom is -0.481 e. The van der Waals surface area contributed by atoms with Crippen LogP contribution >= 0.6 is 0 Å². The Bertz CT molecular complexity index is 386. The highest BCUT2D eigenvalue weighted by atomic mass is 19.4. The summed E-state index contributed by atoms with van der Waals surface area (Å²) in [5.74, 6) is -1.05. The average Bonchev–Trinajstić information content (AvgIpc) is 2.73. The Kier molecular flexibility index (Phi) is 4.85. The number of carboxylic acid groups (broad SMARTS) is 1. The van der Waals surface area contributed by atoms with Gasteiger partial charge in [0.05, 0.1) is 0 Å². The molecule has 0 bridgehead atoms. The van der Waals surface area contributed by atoms with Crippen LogP contribution < -0.4 is 0 Å². The molecule has 3 atom stereocenters. The maximum atomic E-state index is 13.2. The van der Waals surface area contributed by atoms with Gasteiger partial charge in [-0.15, -0.1) is 0 Å². The summed E-state index contributed by atoms with van der Waals surface area (Å²) in [6.07, 6.45) is 1.13. The molecule has 0 amide bonds. The first-order valence-corrected chi connectivity index (χ1v) is 7.84. The van der Waals surface area contributed by atoms with Gasteiger partial charge in [0.1, 0.15) is 0 Å². The summed E-state index contributed by atoms with van der Waals surface area (Å²) in [6.45, 7) is 2.01. The highest BCUT2D eigenvalue weighted by molar-refractivity contribution is 5.76. The SMILES string of the molecule is CCC1CCCC(N2CCC(C(=O)O)(C(F)(F)F)C2)CC1. The Hall–Kier alpha value is -0.780. The quantitative estimate of drug-likeness (QED) is 0.809. The van der Waals surface area contributed by atoms with Crippen molar-refractivity contribution < 1.29 is 23.1 Å². The van der Waals surface area contributed by atoms with Crippen molar-refractivity contribution in [3.63, 3.8) is 0 Å². The fraction of sp³-hybridized carbons (Fsp3) is 0.933. The molecule has 1 heterocycles. The summed E-state index contributed by atoms with van der Waals surface area (Å²) in [6, 6.07) is 0.116. The molecule has 0 aromatic heterocycles. The highest BCUT2D eigenvalue weighted by Gasteiger charge is 2.64. The molecule has 0 spiro atoms. The predicted molar refractivity (Wildman–Crippen MR) is 73.0 cm³/mol. The topological polar surface area (TPSA) is 40.5 Å². The lowest BCUT2D eigenvalue weighted by Gasteiger charge is -2.30. The van der Waals surface area contributed by atoms with Crippen LogP contribution in [0.3, 0.4) is 0 Å². The first-order chi connectivity index (χ1) is 9.80. The van der Waals surface area contributed by atoms with Crippen LogP contribution in [0.4, 0.5) is 13.2 Å². The summed E-state index contributed by atoms with van der Waals surface area (Å²) in [4.78, 5) is 13.0. The number of hydrogen-bond donors (Lipinski definition) is 1. The number of hydrogen-bond acceptors (Lipinski definition) is 2. The van der Waals surface area contributed by atoms with E-state index in [0.29, 0.717) is 5.92 Å². The molecular weight excluding hydrogens is 283 g/mol. The fourth-order valence-electron chi connectivity index (χ4n) is 3.81. The summed E-state index contributed by atoms with van der Waals surface area (Å²) in [7, 11) is 0. The van der Waals surface area contributed by atoms with Gasteiger partial charge in [0.25, 0.3) is 0 Å². The van der Waals surface area contributed by atoms with Crippen molar-refractivity contribution in [3.8, 4) is 0 Å². The number of carboxylic acids is 1. The number of nitrogens with zero attached hydrogens (tertiary/aromatic N) is 1. The summed E-state index contributed by atoms with van der Waals surface area (Å²) < 4.78 is 39.6. The van der Waals surface area contributed by atoms with Crippen molar-refractivity contribution >= 4 is 5.97 Å². The molecule has 3 nitrogen and oxygen atoms in total. The summed E-state index contributed by atoms with van der Waals surface area (Å²) in [5, 5.41) is 9.10. The van der Waals surface area contributed by atoms with Crippen molar-refractivity contribution in [2.75, 3.05) is 13.1 Å². The number of carbonyl (C=O) groups is 1. The lowest BCUT2D eigenvalue weighted by Crippen LogP contribution is -2.48. The third-order valence-corrected chi connectivity index (χ3v) is 5.40. The maximum Gasteiger partial charge on any atom is 0.406 e. The van der Waals surface area contributed by atoms with E-state index in [-0.39, 0.29) is 25.6 Å². The Morgan fingerprint density at radius 2 is 2.00 bits per heavy atom. The second-order valence-corrected chi connectivity index (χ2v) is 6.54. The molecule has 6 heteroatoms. The smallest absolute Gasteiger partial charge is 0.406 e. The largest absolute Gasteiger partial charge is 0.481 e. The Labute approximate surface area is 123 Å². The van der Waals surface area contributed by atoms with Gasteiger partial charge in [0, 0.05) is 12.6 Å². The van der Waals surface area contributed by atoms with Crippen LogP contribution in [0.15, 0.2) is 0 Å². The van der Waals surface area contributed by atoms with E-state index in [2.05, 4.69) is 6.92 Å². The third-order valence-electron chi connectivity index (χ3n) is 5.40. The van der Waals surface area contributed by atoms with Crippen molar-refractivity contribution in [2.45, 2.75) is 64.1 Å². The Balaban J connectivity index is 2.05. The van der Waals surface area contributed by atoms with Crippen LogP contribution in [0.5, 0.6) is 0 Å². The second-order valence-electron chi connectivity index (χ2n) is 6.54. The lowest BCUT2D eigenvalue weighted by molar-refractivity contribution is -0.227. The summed E-state index contributed by atoms with van der Waals surface area (Å²) in [5.41, 5.74) is -2.57. The Morgan fingerprint density at radius 1 is 1.29 bits per heavy atom. The molecule has 0 radical (unpaired) electrons. The molecule has 1 saturated heterocycles. The molecule has 3 unspecified atom stereocenters. The van der Waals surface area contributed by atoms with Crippen LogP contribution in [0.25, 0.3) is 0 Å². The number of likely N-dealkylation sites (tertiary alicyclic amines) is 1. The minimum absolute atomic E-state index is 0.116. The molecule has 1 aliphatic carbocycles. The number of halogens is 3. The zero-order valence-electron chi connectivity index (χ0n) is 12.5. The van der Waals surface area contributed by atoms with Crippen LogP contribution in [0, 0.1) is 11.3 Å². The number of alkyl halides is 3. The van der Waals surface area contributed by atoms with Crippen LogP contribution in [-0.4, -0.2) is 41.3 Å². The lowest BCUT2D eigenvalue weighted by atomic mass is 9.86. The molecule has 1 N–H and O–H groups in total. The molecule has 0 aromatic carbocycles. The molecule has 0 aromatic rings. The van der Waals surface area contributed by atoms with E-state index >= 15 is 0 Å². The van der Waals surface area contributed by atoms with E-state index in [4.69, 9.17) is 5.11 Å².